The van der Waals surface area contributed by atoms with Crippen molar-refractivity contribution in [2.24, 2.45) is 11.8 Å². The van der Waals surface area contributed by atoms with E-state index in [-0.39, 0.29) is 23.9 Å². The summed E-state index contributed by atoms with van der Waals surface area (Å²) in [6, 6.07) is 13.5. The lowest BCUT2D eigenvalue weighted by atomic mass is 10.1. The number of ether oxygens (including phenoxy) is 2. The van der Waals surface area contributed by atoms with Crippen molar-refractivity contribution in [3.8, 4) is 11.5 Å². The molecule has 5 N–H and O–H groups in total. The smallest absolute Gasteiger partial charge is 0.459 e. The number of aromatic nitrogens is 3. The van der Waals surface area contributed by atoms with Crippen LogP contribution in [0.5, 0.6) is 11.5 Å². The summed E-state index contributed by atoms with van der Waals surface area (Å²) in [5.41, 5.74) is 4.75. The van der Waals surface area contributed by atoms with Gasteiger partial charge in [0, 0.05) is 6.42 Å². The summed E-state index contributed by atoms with van der Waals surface area (Å²) >= 11 is 0. The molecule has 2 unspecified atom stereocenters. The summed E-state index contributed by atoms with van der Waals surface area (Å²) in [4.78, 5) is 45.0. The van der Waals surface area contributed by atoms with Gasteiger partial charge in [-0.3, -0.25) is 23.2 Å². The molecule has 2 aromatic carbocycles. The maximum Gasteiger partial charge on any atom is 0.459 e. The van der Waals surface area contributed by atoms with Gasteiger partial charge in [-0.2, -0.15) is 15.2 Å². The zero-order valence-electron chi connectivity index (χ0n) is 28.6. The fourth-order valence-corrected chi connectivity index (χ4v) is 8.42. The van der Waals surface area contributed by atoms with Gasteiger partial charge < -0.3 is 29.4 Å². The average molecular weight is 753 g/mol. The van der Waals surface area contributed by atoms with Crippen LogP contribution in [0.1, 0.15) is 40.3 Å². The minimum atomic E-state index is -4.58. The summed E-state index contributed by atoms with van der Waals surface area (Å²) < 4.78 is 64.3. The number of carbonyl (C=O) groups excluding carboxylic acids is 1. The van der Waals surface area contributed by atoms with Gasteiger partial charge in [0.1, 0.15) is 48.3 Å². The summed E-state index contributed by atoms with van der Waals surface area (Å²) in [6.45, 7) is 6.01. The summed E-state index contributed by atoms with van der Waals surface area (Å²) in [7, 11) is -7.85. The van der Waals surface area contributed by atoms with Gasteiger partial charge in [-0.25, -0.2) is 18.9 Å². The van der Waals surface area contributed by atoms with Gasteiger partial charge in [0.15, 0.2) is 0 Å². The van der Waals surface area contributed by atoms with Gasteiger partial charge in [0.2, 0.25) is 5.95 Å². The Bertz CT molecular complexity index is 1780. The first-order chi connectivity index (χ1) is 24.1. The molecule has 0 spiro atoms. The zero-order valence-corrected chi connectivity index (χ0v) is 30.3. The predicted molar refractivity (Wildman–Crippen MR) is 183 cm³/mol. The van der Waals surface area contributed by atoms with Crippen LogP contribution in [-0.4, -0.2) is 69.6 Å². The second-order valence-corrected chi connectivity index (χ2v) is 15.4. The lowest BCUT2D eigenvalue weighted by molar-refractivity contribution is -0.144. The first-order valence-electron chi connectivity index (χ1n) is 15.9. The number of carbonyl (C=O) groups is 2. The largest absolute Gasteiger partial charge is 0.480 e. The number of aliphatic carboxylic acids is 1. The minimum absolute atomic E-state index is 0.0974. The van der Waals surface area contributed by atoms with E-state index >= 15 is 0 Å². The van der Waals surface area contributed by atoms with E-state index in [2.05, 4.69) is 20.1 Å². The average Bonchev–Trinajstić information content (AvgIpc) is 3.46. The second-order valence-electron chi connectivity index (χ2n) is 12.1. The lowest BCUT2D eigenvalue weighted by Gasteiger charge is -2.30. The number of carboxylic acids is 1. The molecule has 1 aliphatic rings. The van der Waals surface area contributed by atoms with Gasteiger partial charge in [-0.05, 0) is 36.1 Å². The third-order valence-electron chi connectivity index (χ3n) is 7.51. The fraction of sp³-hybridized carbons (Fsp3) is 0.452. The summed E-state index contributed by atoms with van der Waals surface area (Å²) in [5, 5.41) is 15.1. The number of anilines is 1. The number of rotatable bonds is 18. The second kappa shape index (κ2) is 17.4. The van der Waals surface area contributed by atoms with Crippen molar-refractivity contribution in [2.75, 3.05) is 19.5 Å². The number of nitrogen functional groups attached to an aromatic ring is 1. The lowest BCUT2D eigenvalue weighted by Crippen LogP contribution is -2.42. The molecule has 51 heavy (non-hydrogen) atoms. The molecule has 1 aliphatic heterocycles. The maximum absolute atomic E-state index is 14.5. The molecular weight excluding hydrogens is 710 g/mol. The van der Waals surface area contributed by atoms with Gasteiger partial charge in [0.05, 0.1) is 13.7 Å². The Labute approximate surface area is 294 Å². The van der Waals surface area contributed by atoms with Crippen molar-refractivity contribution in [2.45, 2.75) is 64.6 Å². The molecule has 4 rings (SSSR count). The Morgan fingerprint density at radius 1 is 0.961 bits per heavy atom. The van der Waals surface area contributed by atoms with Gasteiger partial charge in [-0.15, -0.1) is 0 Å². The number of esters is 1. The number of benzene rings is 2. The molecular formula is C31H42N6O12P2. The summed E-state index contributed by atoms with van der Waals surface area (Å²) in [6.07, 6.45) is -2.78. The van der Waals surface area contributed by atoms with Crippen molar-refractivity contribution >= 4 is 33.4 Å². The third kappa shape index (κ3) is 10.9. The van der Waals surface area contributed by atoms with Crippen LogP contribution < -0.4 is 30.6 Å². The van der Waals surface area contributed by atoms with E-state index in [0.29, 0.717) is 0 Å². The van der Waals surface area contributed by atoms with Crippen molar-refractivity contribution in [1.29, 1.82) is 0 Å². The van der Waals surface area contributed by atoms with E-state index in [4.69, 9.17) is 33.3 Å². The molecule has 278 valence electrons. The summed E-state index contributed by atoms with van der Waals surface area (Å²) in [5.74, 6) is -3.07. The highest BCUT2D eigenvalue weighted by Crippen LogP contribution is 2.51. The Kier molecular flexibility index (Phi) is 13.5. The van der Waals surface area contributed by atoms with Crippen LogP contribution >= 0.6 is 15.5 Å². The van der Waals surface area contributed by atoms with E-state index in [0.717, 1.165) is 10.9 Å². The number of para-hydroxylation sites is 2. The Balaban J connectivity index is 1.70. The number of nitrogens with one attached hydrogen (secondary N) is 2. The van der Waals surface area contributed by atoms with E-state index < -0.39 is 82.1 Å². The first-order valence-corrected chi connectivity index (χ1v) is 18.9. The van der Waals surface area contributed by atoms with Gasteiger partial charge in [-0.1, -0.05) is 64.1 Å². The number of nitrogens with two attached hydrogens (primary N) is 1. The Morgan fingerprint density at radius 2 is 1.51 bits per heavy atom. The van der Waals surface area contributed by atoms with E-state index in [9.17, 15) is 28.6 Å². The Morgan fingerprint density at radius 3 is 2.02 bits per heavy atom. The van der Waals surface area contributed by atoms with Crippen molar-refractivity contribution in [3.05, 3.63) is 77.5 Å². The molecule has 1 aromatic heterocycles. The van der Waals surface area contributed by atoms with Crippen LogP contribution in [0.4, 0.5) is 5.95 Å². The highest BCUT2D eigenvalue weighted by molar-refractivity contribution is 7.52. The topological polar surface area (TPSA) is 242 Å². The highest BCUT2D eigenvalue weighted by atomic mass is 31.2. The van der Waals surface area contributed by atoms with Crippen molar-refractivity contribution in [3.63, 3.8) is 0 Å². The van der Waals surface area contributed by atoms with Crippen molar-refractivity contribution < 1.29 is 51.4 Å². The molecule has 0 aliphatic carbocycles. The molecule has 20 heteroatoms. The molecule has 7 atom stereocenters. The van der Waals surface area contributed by atoms with Crippen LogP contribution in [0.2, 0.25) is 0 Å². The van der Waals surface area contributed by atoms with Gasteiger partial charge in [0.25, 0.3) is 0 Å². The third-order valence-corrected chi connectivity index (χ3v) is 10.6. The number of carboxylic acid groups (broad SMARTS) is 1. The molecule has 0 saturated carbocycles. The van der Waals surface area contributed by atoms with Crippen LogP contribution in [0, 0.1) is 11.8 Å². The Hall–Kier alpha value is -4.15. The molecule has 18 nitrogen and oxygen atoms in total. The number of nitrogens with zero attached hydrogens (tertiary/aromatic N) is 3. The number of methoxy groups -OCH3 is 1. The fourth-order valence-electron chi connectivity index (χ4n) is 4.87. The standard InChI is InChI=1S/C31H42N6O12P2/c1-19(2)26(28(38)39)35-51(43,48-22-14-10-7-11-15-22)49-23-16-25(37-18-33-30(32)34-31(37)41)46-24(23)17-45-50(42,47-21-12-8-6-9-13-21)36-27(20(3)4)29(40)44-5/h6-15,18-20,23-27H,16-17H2,1-5H3,(H,35,43)(H,36,42)(H,38,39)(H2,32,34,41)/t23-,24+,25+,26-,27-,50?,51?/m0/s1. The highest BCUT2D eigenvalue weighted by Gasteiger charge is 2.47. The minimum Gasteiger partial charge on any atom is -0.480 e. The zero-order chi connectivity index (χ0) is 37.3. The first kappa shape index (κ1) is 39.6. The molecule has 3 aromatic rings. The number of hydrogen-bond acceptors (Lipinski definition) is 14. The molecule has 0 amide bonds. The molecule has 2 heterocycles. The van der Waals surface area contributed by atoms with Crippen LogP contribution in [0.15, 0.2) is 71.8 Å². The SMILES string of the molecule is COC(=O)[C@@H](NP(=O)(OC[C@H]1O[C@@H](n2cnc(N)nc2=O)C[C@@H]1OP(=O)(N[C@H](C(=O)O)C(C)C)Oc1ccccc1)Oc1ccccc1)C(C)C. The van der Waals surface area contributed by atoms with E-state index in [1.807, 2.05) is 0 Å². The predicted octanol–water partition coefficient (Wildman–Crippen LogP) is 3.77. The molecule has 0 bridgehead atoms. The normalized spacial score (nSPS) is 21.0. The molecule has 1 saturated heterocycles. The van der Waals surface area contributed by atoms with E-state index in [1.54, 1.807) is 64.1 Å². The van der Waals surface area contributed by atoms with Crippen LogP contribution in [-0.2, 0) is 37.2 Å². The maximum atomic E-state index is 14.5. The van der Waals surface area contributed by atoms with Crippen LogP contribution in [0.25, 0.3) is 0 Å². The van der Waals surface area contributed by atoms with Gasteiger partial charge >= 0.3 is 33.1 Å². The quantitative estimate of drug-likeness (QED) is 0.107. The van der Waals surface area contributed by atoms with Crippen molar-refractivity contribution in [1.82, 2.24) is 24.7 Å². The molecule has 1 fully saturated rings. The van der Waals surface area contributed by atoms with Crippen LogP contribution in [0.3, 0.4) is 0 Å². The number of hydrogen-bond donors (Lipinski definition) is 4. The monoisotopic (exact) mass is 752 g/mol. The van der Waals surface area contributed by atoms with E-state index in [1.165, 1.54) is 31.4 Å². The molecule has 0 radical (unpaired) electrons.